The van der Waals surface area contributed by atoms with Crippen molar-refractivity contribution in [2.24, 2.45) is 0 Å². The molecule has 13 heavy (non-hydrogen) atoms. The molecule has 0 aromatic carbocycles. The molecule has 66 valence electrons. The van der Waals surface area contributed by atoms with E-state index in [1.165, 1.54) is 11.3 Å². The monoisotopic (exact) mass is 195 g/mol. The first-order chi connectivity index (χ1) is 6.25. The molecule has 0 aliphatic rings. The first-order valence-corrected chi connectivity index (χ1v) is 4.38. The van der Waals surface area contributed by atoms with Crippen LogP contribution in [0.4, 0.5) is 0 Å². The second-order valence-electron chi connectivity index (χ2n) is 2.32. The summed E-state index contributed by atoms with van der Waals surface area (Å²) in [6.07, 6.45) is 0. The normalized spacial score (nSPS) is 10.2. The van der Waals surface area contributed by atoms with Gasteiger partial charge in [-0.25, -0.2) is 9.59 Å². The van der Waals surface area contributed by atoms with E-state index in [2.05, 4.69) is 9.97 Å². The highest BCUT2D eigenvalue weighted by Crippen LogP contribution is 2.17. The number of aromatic nitrogens is 3. The van der Waals surface area contributed by atoms with E-state index in [0.717, 1.165) is 4.88 Å². The van der Waals surface area contributed by atoms with Gasteiger partial charge in [0.2, 0.25) is 0 Å². The third-order valence-corrected chi connectivity index (χ3v) is 2.30. The fourth-order valence-corrected chi connectivity index (χ4v) is 1.59. The summed E-state index contributed by atoms with van der Waals surface area (Å²) in [5.41, 5.74) is -1.17. The summed E-state index contributed by atoms with van der Waals surface area (Å²) < 4.78 is 0. The van der Waals surface area contributed by atoms with Crippen molar-refractivity contribution < 1.29 is 0 Å². The molecule has 2 heterocycles. The van der Waals surface area contributed by atoms with Gasteiger partial charge in [-0.05, 0) is 11.4 Å². The minimum absolute atomic E-state index is 0.309. The molecule has 0 unspecified atom stereocenters. The molecule has 0 saturated heterocycles. The van der Waals surface area contributed by atoms with Crippen LogP contribution in [0.25, 0.3) is 10.7 Å². The van der Waals surface area contributed by atoms with E-state index in [9.17, 15) is 9.59 Å². The minimum atomic E-state index is -0.632. The zero-order valence-electron chi connectivity index (χ0n) is 6.40. The van der Waals surface area contributed by atoms with Gasteiger partial charge in [-0.15, -0.1) is 11.3 Å². The molecule has 2 aromatic heterocycles. The molecule has 0 fully saturated rings. The molecule has 6 heteroatoms. The zero-order valence-corrected chi connectivity index (χ0v) is 7.22. The lowest BCUT2D eigenvalue weighted by Crippen LogP contribution is -2.25. The maximum atomic E-state index is 10.9. The van der Waals surface area contributed by atoms with E-state index in [1.807, 2.05) is 16.4 Å². The summed E-state index contributed by atoms with van der Waals surface area (Å²) in [5, 5.41) is 1.84. The molecule has 5 nitrogen and oxygen atoms in total. The van der Waals surface area contributed by atoms with Crippen LogP contribution in [0.3, 0.4) is 0 Å². The van der Waals surface area contributed by atoms with Gasteiger partial charge in [0, 0.05) is 0 Å². The molecule has 0 atom stereocenters. The minimum Gasteiger partial charge on any atom is -0.291 e. The summed E-state index contributed by atoms with van der Waals surface area (Å²) in [7, 11) is 0. The van der Waals surface area contributed by atoms with Crippen LogP contribution < -0.4 is 11.4 Å². The van der Waals surface area contributed by atoms with Crippen LogP contribution in [0, 0.1) is 0 Å². The topological polar surface area (TPSA) is 78.6 Å². The SMILES string of the molecule is O=c1nc(-c2cccs2)[nH]c(=O)[nH]1. The van der Waals surface area contributed by atoms with Crippen LogP contribution in [-0.4, -0.2) is 15.0 Å². The van der Waals surface area contributed by atoms with Gasteiger partial charge in [-0.1, -0.05) is 6.07 Å². The Morgan fingerprint density at radius 3 is 2.77 bits per heavy atom. The maximum absolute atomic E-state index is 10.9. The van der Waals surface area contributed by atoms with Gasteiger partial charge < -0.3 is 0 Å². The van der Waals surface area contributed by atoms with Gasteiger partial charge in [-0.3, -0.25) is 9.97 Å². The Bertz CT molecular complexity index is 483. The molecule has 0 amide bonds. The van der Waals surface area contributed by atoms with Gasteiger partial charge >= 0.3 is 11.4 Å². The Kier molecular flexibility index (Phi) is 1.82. The molecule has 0 aliphatic heterocycles. The lowest BCUT2D eigenvalue weighted by atomic mass is 10.4. The van der Waals surface area contributed by atoms with Crippen molar-refractivity contribution in [2.45, 2.75) is 0 Å². The number of nitrogens with zero attached hydrogens (tertiary/aromatic N) is 1. The zero-order chi connectivity index (χ0) is 9.26. The number of rotatable bonds is 1. The van der Waals surface area contributed by atoms with Crippen molar-refractivity contribution in [1.29, 1.82) is 0 Å². The fourth-order valence-electron chi connectivity index (χ4n) is 0.923. The maximum Gasteiger partial charge on any atom is 0.351 e. The third-order valence-electron chi connectivity index (χ3n) is 1.42. The highest BCUT2D eigenvalue weighted by atomic mass is 32.1. The van der Waals surface area contributed by atoms with Crippen LogP contribution in [0.15, 0.2) is 27.1 Å². The standard InChI is InChI=1S/C7H5N3O2S/c11-6-8-5(9-7(12)10-6)4-2-1-3-13-4/h1-3H,(H2,8,9,10,11,12). The van der Waals surface area contributed by atoms with Crippen LogP contribution in [0.1, 0.15) is 0 Å². The number of hydrogen-bond donors (Lipinski definition) is 2. The molecule has 0 bridgehead atoms. The molecule has 2 N–H and O–H groups in total. The Labute approximate surface area is 76.1 Å². The second kappa shape index (κ2) is 2.98. The number of nitrogens with one attached hydrogen (secondary N) is 2. The van der Waals surface area contributed by atoms with Crippen molar-refractivity contribution in [1.82, 2.24) is 15.0 Å². The number of H-pyrrole nitrogens is 2. The van der Waals surface area contributed by atoms with Crippen molar-refractivity contribution in [2.75, 3.05) is 0 Å². The Morgan fingerprint density at radius 2 is 2.15 bits per heavy atom. The number of thiophene rings is 1. The highest BCUT2D eigenvalue weighted by molar-refractivity contribution is 7.13. The summed E-state index contributed by atoms with van der Waals surface area (Å²) >= 11 is 1.41. The Morgan fingerprint density at radius 1 is 1.31 bits per heavy atom. The van der Waals surface area contributed by atoms with Crippen LogP contribution >= 0.6 is 11.3 Å². The van der Waals surface area contributed by atoms with Crippen LogP contribution in [0.5, 0.6) is 0 Å². The highest BCUT2D eigenvalue weighted by Gasteiger charge is 2.01. The lowest BCUT2D eigenvalue weighted by molar-refractivity contribution is 0.945. The average molecular weight is 195 g/mol. The second-order valence-corrected chi connectivity index (χ2v) is 3.27. The first kappa shape index (κ1) is 7.93. The quantitative estimate of drug-likeness (QED) is 0.681. The van der Waals surface area contributed by atoms with E-state index in [1.54, 1.807) is 6.07 Å². The number of hydrogen-bond acceptors (Lipinski definition) is 4. The molecular weight excluding hydrogens is 190 g/mol. The number of aromatic amines is 2. The van der Waals surface area contributed by atoms with Crippen molar-refractivity contribution in [3.05, 3.63) is 38.5 Å². The van der Waals surface area contributed by atoms with Gasteiger partial charge in [0.1, 0.15) is 0 Å². The van der Waals surface area contributed by atoms with Crippen molar-refractivity contribution in [3.63, 3.8) is 0 Å². The van der Waals surface area contributed by atoms with E-state index < -0.39 is 11.4 Å². The Balaban J connectivity index is 2.66. The van der Waals surface area contributed by atoms with Gasteiger partial charge in [-0.2, -0.15) is 4.98 Å². The molecule has 0 saturated carbocycles. The van der Waals surface area contributed by atoms with Crippen molar-refractivity contribution >= 4 is 11.3 Å². The van der Waals surface area contributed by atoms with E-state index in [0.29, 0.717) is 5.82 Å². The summed E-state index contributed by atoms with van der Waals surface area (Å²) in [6.45, 7) is 0. The van der Waals surface area contributed by atoms with E-state index >= 15 is 0 Å². The Hall–Kier alpha value is -1.69. The van der Waals surface area contributed by atoms with Gasteiger partial charge in [0.25, 0.3) is 0 Å². The van der Waals surface area contributed by atoms with E-state index in [4.69, 9.17) is 0 Å². The molecule has 0 spiro atoms. The van der Waals surface area contributed by atoms with Gasteiger partial charge in [0.05, 0.1) is 4.88 Å². The smallest absolute Gasteiger partial charge is 0.291 e. The molecule has 2 aromatic rings. The summed E-state index contributed by atoms with van der Waals surface area (Å²) in [5.74, 6) is 0.309. The van der Waals surface area contributed by atoms with Crippen molar-refractivity contribution in [3.8, 4) is 10.7 Å². The molecule has 0 aliphatic carbocycles. The molecular formula is C7H5N3O2S. The average Bonchev–Trinajstić information content (AvgIpc) is 2.53. The van der Waals surface area contributed by atoms with Gasteiger partial charge in [0.15, 0.2) is 5.82 Å². The molecule has 0 radical (unpaired) electrons. The van der Waals surface area contributed by atoms with Crippen LogP contribution in [-0.2, 0) is 0 Å². The molecule has 2 rings (SSSR count). The third kappa shape index (κ3) is 1.57. The summed E-state index contributed by atoms with van der Waals surface area (Å²) in [4.78, 5) is 30.5. The first-order valence-electron chi connectivity index (χ1n) is 3.50. The predicted octanol–water partition coefficient (Wildman–Crippen LogP) is 0.187. The lowest BCUT2D eigenvalue weighted by Gasteiger charge is -1.92. The van der Waals surface area contributed by atoms with E-state index in [-0.39, 0.29) is 0 Å². The largest absolute Gasteiger partial charge is 0.351 e. The predicted molar refractivity (Wildman–Crippen MR) is 48.8 cm³/mol. The van der Waals surface area contributed by atoms with Crippen LogP contribution in [0.2, 0.25) is 0 Å². The summed E-state index contributed by atoms with van der Waals surface area (Å²) in [6, 6.07) is 3.60. The fraction of sp³-hybridized carbons (Fsp3) is 0.